The van der Waals surface area contributed by atoms with Crippen molar-refractivity contribution in [2.24, 2.45) is 11.3 Å². The first-order chi connectivity index (χ1) is 7.20. The topological polar surface area (TPSA) is 55.8 Å². The van der Waals surface area contributed by atoms with Gasteiger partial charge in [0, 0.05) is 0 Å². The van der Waals surface area contributed by atoms with E-state index in [1.807, 2.05) is 27.7 Å². The second-order valence-electron chi connectivity index (χ2n) is 5.67. The highest BCUT2D eigenvalue weighted by atomic mass is 17.2. The minimum Gasteiger partial charge on any atom is -0.393 e. The highest BCUT2D eigenvalue weighted by molar-refractivity contribution is 5.69. The average Bonchev–Trinajstić information content (AvgIpc) is 1.98. The molecule has 4 heteroatoms. The Labute approximate surface area is 97.9 Å². The van der Waals surface area contributed by atoms with Crippen LogP contribution in [0.1, 0.15) is 47.5 Å². The lowest BCUT2D eigenvalue weighted by atomic mass is 9.93. The highest BCUT2D eigenvalue weighted by Gasteiger charge is 2.18. The van der Waals surface area contributed by atoms with Gasteiger partial charge < -0.3 is 5.11 Å². The highest BCUT2D eigenvalue weighted by Crippen LogP contribution is 2.19. The van der Waals surface area contributed by atoms with Crippen LogP contribution in [-0.4, -0.2) is 23.8 Å². The molecule has 0 aliphatic heterocycles. The summed E-state index contributed by atoms with van der Waals surface area (Å²) in [6, 6.07) is 0. The number of aliphatic hydroxyl groups excluding tert-OH is 1. The van der Waals surface area contributed by atoms with E-state index >= 15 is 0 Å². The van der Waals surface area contributed by atoms with Gasteiger partial charge in [-0.1, -0.05) is 27.7 Å². The Morgan fingerprint density at radius 1 is 1.31 bits per heavy atom. The van der Waals surface area contributed by atoms with Crippen LogP contribution in [-0.2, 0) is 14.6 Å². The fraction of sp³-hybridized carbons (Fsp3) is 0.917. The molecule has 0 spiro atoms. The normalized spacial score (nSPS) is 15.6. The van der Waals surface area contributed by atoms with Crippen molar-refractivity contribution in [2.75, 3.05) is 6.61 Å². The molecule has 0 radical (unpaired) electrons. The van der Waals surface area contributed by atoms with Crippen molar-refractivity contribution in [1.82, 2.24) is 0 Å². The minimum atomic E-state index is -0.358. The summed E-state index contributed by atoms with van der Waals surface area (Å²) in [6.07, 6.45) is 0.609. The zero-order chi connectivity index (χ0) is 12.8. The van der Waals surface area contributed by atoms with Crippen molar-refractivity contribution >= 4 is 5.97 Å². The largest absolute Gasteiger partial charge is 0.393 e. The van der Waals surface area contributed by atoms with Crippen molar-refractivity contribution in [2.45, 2.75) is 53.6 Å². The van der Waals surface area contributed by atoms with Crippen molar-refractivity contribution in [3.63, 3.8) is 0 Å². The molecule has 0 bridgehead atoms. The molecule has 0 fully saturated rings. The van der Waals surface area contributed by atoms with Gasteiger partial charge in [0.2, 0.25) is 0 Å². The van der Waals surface area contributed by atoms with E-state index in [0.29, 0.717) is 19.4 Å². The Morgan fingerprint density at radius 3 is 2.31 bits per heavy atom. The van der Waals surface area contributed by atoms with Gasteiger partial charge in [0.05, 0.1) is 19.1 Å². The Morgan fingerprint density at radius 2 is 1.88 bits per heavy atom. The van der Waals surface area contributed by atoms with E-state index < -0.39 is 0 Å². The summed E-state index contributed by atoms with van der Waals surface area (Å²) < 4.78 is 0. The van der Waals surface area contributed by atoms with Gasteiger partial charge >= 0.3 is 5.97 Å². The molecule has 4 nitrogen and oxygen atoms in total. The summed E-state index contributed by atoms with van der Waals surface area (Å²) in [6.45, 7) is 9.87. The summed E-state index contributed by atoms with van der Waals surface area (Å²) in [7, 11) is 0. The first kappa shape index (κ1) is 15.4. The van der Waals surface area contributed by atoms with Crippen molar-refractivity contribution in [1.29, 1.82) is 0 Å². The molecule has 0 aromatic carbocycles. The maximum absolute atomic E-state index is 11.3. The van der Waals surface area contributed by atoms with Gasteiger partial charge in [0.25, 0.3) is 0 Å². The molecule has 96 valence electrons. The number of hydrogen-bond acceptors (Lipinski definition) is 4. The van der Waals surface area contributed by atoms with Crippen LogP contribution in [0.3, 0.4) is 0 Å². The molecule has 0 aliphatic rings. The first-order valence-corrected chi connectivity index (χ1v) is 5.71. The lowest BCUT2D eigenvalue weighted by Crippen LogP contribution is -2.18. The third-order valence-corrected chi connectivity index (χ3v) is 1.92. The molecule has 0 rings (SSSR count). The van der Waals surface area contributed by atoms with Crippen molar-refractivity contribution < 1.29 is 19.7 Å². The second kappa shape index (κ2) is 6.86. The van der Waals surface area contributed by atoms with Crippen molar-refractivity contribution in [3.8, 4) is 0 Å². The second-order valence-corrected chi connectivity index (χ2v) is 5.67. The first-order valence-electron chi connectivity index (χ1n) is 5.71. The van der Waals surface area contributed by atoms with Crippen LogP contribution in [0.5, 0.6) is 0 Å². The van der Waals surface area contributed by atoms with Gasteiger partial charge in [0.15, 0.2) is 0 Å². The molecule has 0 aromatic rings. The molecular formula is C12H24O4. The van der Waals surface area contributed by atoms with Gasteiger partial charge in [-0.3, -0.25) is 4.89 Å². The third-order valence-electron chi connectivity index (χ3n) is 1.92. The maximum Gasteiger partial charge on any atom is 0.342 e. The van der Waals surface area contributed by atoms with E-state index in [2.05, 4.69) is 4.89 Å². The van der Waals surface area contributed by atoms with Gasteiger partial charge in [-0.2, -0.15) is 4.89 Å². The minimum absolute atomic E-state index is 0.0916. The fourth-order valence-electron chi connectivity index (χ4n) is 1.33. The van der Waals surface area contributed by atoms with E-state index in [1.165, 1.54) is 0 Å². The molecule has 0 aliphatic carbocycles. The zero-order valence-electron chi connectivity index (χ0n) is 10.9. The van der Waals surface area contributed by atoms with Crippen LogP contribution in [0.15, 0.2) is 0 Å². The van der Waals surface area contributed by atoms with E-state index in [0.717, 1.165) is 0 Å². The number of rotatable bonds is 6. The standard InChI is InChI=1S/C12H24O4/c1-9(6-10(2)13)8-15-16-11(14)7-12(3,4)5/h9-10,13H,6-8H2,1-5H3. The quantitative estimate of drug-likeness (QED) is 0.564. The van der Waals surface area contributed by atoms with Crippen LogP contribution in [0.25, 0.3) is 0 Å². The Kier molecular flexibility index (Phi) is 6.60. The molecular weight excluding hydrogens is 208 g/mol. The molecule has 16 heavy (non-hydrogen) atoms. The smallest absolute Gasteiger partial charge is 0.342 e. The van der Waals surface area contributed by atoms with E-state index in [1.54, 1.807) is 6.92 Å². The Hall–Kier alpha value is -0.610. The number of carbonyl (C=O) groups excluding carboxylic acids is 1. The molecule has 0 aromatic heterocycles. The number of carbonyl (C=O) groups is 1. The van der Waals surface area contributed by atoms with Gasteiger partial charge in [0.1, 0.15) is 0 Å². The van der Waals surface area contributed by atoms with Crippen LogP contribution in [0.2, 0.25) is 0 Å². The summed E-state index contributed by atoms with van der Waals surface area (Å²) >= 11 is 0. The molecule has 2 atom stereocenters. The van der Waals surface area contributed by atoms with Crippen LogP contribution in [0.4, 0.5) is 0 Å². The molecule has 0 saturated carbocycles. The lowest BCUT2D eigenvalue weighted by Gasteiger charge is -2.16. The number of hydrogen-bond donors (Lipinski definition) is 1. The predicted octanol–water partition coefficient (Wildman–Crippen LogP) is 2.30. The predicted molar refractivity (Wildman–Crippen MR) is 61.6 cm³/mol. The SMILES string of the molecule is CC(O)CC(C)COOC(=O)CC(C)(C)C. The zero-order valence-corrected chi connectivity index (χ0v) is 10.9. The molecule has 1 N–H and O–H groups in total. The summed E-state index contributed by atoms with van der Waals surface area (Å²) in [5.41, 5.74) is -0.0916. The molecule has 2 unspecified atom stereocenters. The van der Waals surface area contributed by atoms with Gasteiger partial charge in [-0.05, 0) is 24.7 Å². The third kappa shape index (κ3) is 9.93. The van der Waals surface area contributed by atoms with Crippen LogP contribution in [0, 0.1) is 11.3 Å². The van der Waals surface area contributed by atoms with E-state index in [-0.39, 0.29) is 23.4 Å². The molecule has 0 saturated heterocycles. The van der Waals surface area contributed by atoms with E-state index in [4.69, 9.17) is 9.99 Å². The summed E-state index contributed by atoms with van der Waals surface area (Å²) in [4.78, 5) is 20.8. The van der Waals surface area contributed by atoms with Crippen LogP contribution < -0.4 is 0 Å². The van der Waals surface area contributed by atoms with E-state index in [9.17, 15) is 4.79 Å². The monoisotopic (exact) mass is 232 g/mol. The molecule has 0 amide bonds. The maximum atomic E-state index is 11.3. The fourth-order valence-corrected chi connectivity index (χ4v) is 1.33. The van der Waals surface area contributed by atoms with Gasteiger partial charge in [-0.25, -0.2) is 4.79 Å². The molecule has 0 heterocycles. The summed E-state index contributed by atoms with van der Waals surface area (Å²) in [5, 5.41) is 9.12. The Bertz CT molecular complexity index is 206. The lowest BCUT2D eigenvalue weighted by molar-refractivity contribution is -0.279. The average molecular weight is 232 g/mol. The van der Waals surface area contributed by atoms with Gasteiger partial charge in [-0.15, -0.1) is 0 Å². The Balaban J connectivity index is 3.62. The number of aliphatic hydroxyl groups is 1. The van der Waals surface area contributed by atoms with Crippen LogP contribution >= 0.6 is 0 Å². The summed E-state index contributed by atoms with van der Waals surface area (Å²) in [5.74, 6) is -0.181. The van der Waals surface area contributed by atoms with Crippen molar-refractivity contribution in [3.05, 3.63) is 0 Å².